The zero-order chi connectivity index (χ0) is 65.9. The molecule has 0 aliphatic carbocycles. The zero-order valence-electron chi connectivity index (χ0n) is 50.1. The number of benzene rings is 5. The van der Waals surface area contributed by atoms with Gasteiger partial charge in [0.25, 0.3) is 17.5 Å². The summed E-state index contributed by atoms with van der Waals surface area (Å²) in [5.74, 6) is -9.64. The first-order valence-electron chi connectivity index (χ1n) is 28.4. The van der Waals surface area contributed by atoms with Gasteiger partial charge in [0.05, 0.1) is 16.3 Å². The summed E-state index contributed by atoms with van der Waals surface area (Å²) >= 11 is 13.4. The van der Waals surface area contributed by atoms with Crippen LogP contribution >= 0.6 is 23.2 Å². The van der Waals surface area contributed by atoms with Crippen molar-refractivity contribution in [2.75, 3.05) is 47.9 Å². The third-order valence-corrected chi connectivity index (χ3v) is 15.9. The second-order valence-electron chi connectivity index (χ2n) is 21.6. The normalized spacial score (nSPS) is 24.0. The lowest BCUT2D eigenvalue weighted by Gasteiger charge is -2.44. The van der Waals surface area contributed by atoms with Gasteiger partial charge in [0, 0.05) is 138 Å². The Hall–Kier alpha value is -9.18. The van der Waals surface area contributed by atoms with Crippen LogP contribution in [0, 0.1) is 10.1 Å². The minimum Gasteiger partial charge on any atom is -0.463 e. The van der Waals surface area contributed by atoms with Gasteiger partial charge in [-0.05, 0) is 28.0 Å². The molecular formula is C62H61Cl2N3O24. The fourth-order valence-electron chi connectivity index (χ4n) is 11.7. The van der Waals surface area contributed by atoms with Crippen LogP contribution in [0.15, 0.2) is 78.9 Å². The van der Waals surface area contributed by atoms with E-state index in [1.807, 2.05) is 0 Å². The van der Waals surface area contributed by atoms with Crippen LogP contribution in [0.5, 0.6) is 11.5 Å². The molecule has 2 amide bonds. The first kappa shape index (κ1) is 66.2. The molecule has 0 aromatic heterocycles. The largest absolute Gasteiger partial charge is 0.463 e. The fraction of sp³-hybridized carbons (Fsp3) is 0.419. The molecule has 27 nitrogen and oxygen atoms in total. The summed E-state index contributed by atoms with van der Waals surface area (Å²) in [6.07, 6.45) is -15.7. The molecule has 0 bridgehead atoms. The molecule has 0 N–H and O–H groups in total. The van der Waals surface area contributed by atoms with Crippen molar-refractivity contribution in [2.24, 2.45) is 0 Å². The molecule has 9 rings (SSSR count). The molecular weight excluding hydrogens is 1240 g/mol. The van der Waals surface area contributed by atoms with E-state index in [1.54, 1.807) is 48.5 Å². The minimum absolute atomic E-state index is 0.00947. The molecule has 4 aliphatic rings. The molecule has 482 valence electrons. The highest BCUT2D eigenvalue weighted by Gasteiger charge is 2.55. The first-order valence-corrected chi connectivity index (χ1v) is 29.4. The van der Waals surface area contributed by atoms with E-state index in [1.165, 1.54) is 28.0 Å². The Kier molecular flexibility index (Phi) is 20.3. The Balaban J connectivity index is 1.11. The topological polar surface area (TPSA) is 331 Å². The molecule has 2 saturated heterocycles. The van der Waals surface area contributed by atoms with Crippen molar-refractivity contribution in [3.8, 4) is 11.5 Å². The van der Waals surface area contributed by atoms with Gasteiger partial charge in [0.15, 0.2) is 24.4 Å². The summed E-state index contributed by atoms with van der Waals surface area (Å²) in [7, 11) is 0. The Morgan fingerprint density at radius 1 is 0.473 bits per heavy atom. The van der Waals surface area contributed by atoms with E-state index >= 15 is 9.59 Å². The second kappa shape index (κ2) is 27.9. The molecule has 4 aliphatic heterocycles. The van der Waals surface area contributed by atoms with Gasteiger partial charge in [-0.25, -0.2) is 0 Å². The summed E-state index contributed by atoms with van der Waals surface area (Å²) in [5, 5.41) is 14.8. The lowest BCUT2D eigenvalue weighted by Crippen LogP contribution is -2.63. The summed E-state index contributed by atoms with van der Waals surface area (Å²) in [6.45, 7) is 7.34. The number of hydrogen-bond acceptors (Lipinski definition) is 24. The maximum Gasteiger partial charge on any atom is 0.303 e. The number of non-ortho nitro benzene ring substituents is 1. The maximum absolute atomic E-state index is 15.3. The Labute approximate surface area is 528 Å². The molecule has 0 saturated carbocycles. The molecule has 4 heterocycles. The van der Waals surface area contributed by atoms with Crippen molar-refractivity contribution in [1.29, 1.82) is 0 Å². The van der Waals surface area contributed by atoms with Gasteiger partial charge in [-0.15, -0.1) is 23.2 Å². The first-order chi connectivity index (χ1) is 43.3. The highest BCUT2D eigenvalue weighted by Crippen LogP contribution is 2.49. The number of carbonyl (C=O) groups excluding carboxylic acids is 10. The maximum atomic E-state index is 15.3. The average Bonchev–Trinajstić information content (AvgIpc) is 1.67. The predicted octanol–water partition coefficient (Wildman–Crippen LogP) is 6.79. The van der Waals surface area contributed by atoms with Crippen molar-refractivity contribution < 1.29 is 110 Å². The monoisotopic (exact) mass is 1300 g/mol. The molecule has 12 atom stereocenters. The van der Waals surface area contributed by atoms with Crippen LogP contribution in [0.25, 0.3) is 21.5 Å². The Morgan fingerprint density at radius 2 is 0.802 bits per heavy atom. The number of halogens is 2. The van der Waals surface area contributed by atoms with E-state index in [0.29, 0.717) is 32.7 Å². The molecule has 29 heteroatoms. The second-order valence-corrected chi connectivity index (χ2v) is 22.3. The average molecular weight is 1300 g/mol. The molecule has 5 aromatic carbocycles. The number of rotatable bonds is 19. The number of hydrogen-bond donors (Lipinski definition) is 0. The number of ether oxygens (including phenoxy) is 12. The summed E-state index contributed by atoms with van der Waals surface area (Å²) < 4.78 is 69.9. The van der Waals surface area contributed by atoms with E-state index < -0.39 is 157 Å². The third-order valence-electron chi connectivity index (χ3n) is 15.1. The van der Waals surface area contributed by atoms with E-state index in [-0.39, 0.29) is 58.9 Å². The zero-order valence-corrected chi connectivity index (χ0v) is 51.6. The van der Waals surface area contributed by atoms with Gasteiger partial charge in [-0.1, -0.05) is 48.5 Å². The van der Waals surface area contributed by atoms with Crippen molar-refractivity contribution >= 4 is 121 Å². The fourth-order valence-corrected chi connectivity index (χ4v) is 12.3. The predicted molar refractivity (Wildman–Crippen MR) is 316 cm³/mol. The number of nitrogens with zero attached hydrogens (tertiary/aromatic N) is 3. The number of nitro groups is 1. The number of alkyl halides is 2. The number of amides is 2. The summed E-state index contributed by atoms with van der Waals surface area (Å²) in [5.41, 5.74) is 0.247. The van der Waals surface area contributed by atoms with Crippen molar-refractivity contribution in [1.82, 2.24) is 0 Å². The summed E-state index contributed by atoms with van der Waals surface area (Å²) in [6, 6.07) is 19.8. The number of anilines is 2. The molecule has 5 aromatic rings. The van der Waals surface area contributed by atoms with Crippen LogP contribution in [0.4, 0.5) is 17.1 Å². The van der Waals surface area contributed by atoms with E-state index in [4.69, 9.17) is 80.0 Å². The molecule has 91 heavy (non-hydrogen) atoms. The lowest BCUT2D eigenvalue weighted by molar-refractivity contribution is -0.384. The van der Waals surface area contributed by atoms with E-state index in [2.05, 4.69) is 0 Å². The van der Waals surface area contributed by atoms with Crippen LogP contribution in [0.2, 0.25) is 0 Å². The summed E-state index contributed by atoms with van der Waals surface area (Å²) in [4.78, 5) is 145. The third kappa shape index (κ3) is 14.4. The van der Waals surface area contributed by atoms with E-state index in [0.717, 1.165) is 67.5 Å². The number of carbonyl (C=O) groups is 10. The SMILES string of the molecule is CC(=O)OC[C@@H]1O[C@H](Oc2cc3c(c4ccccc24)[C@H](CCl)CN3C(=O)c2cc(C(=O)N3C[C@@H](CCl)c4c3cc(O[C@@H]3O[C@H](COC(C)=O)[C@H](OC(C)=O)[C@H](OC(C)=O)[C@H]3OC(C)=O)c3ccccc43)cc([N+](=O)[O-])c2)[C@@H](OC(C)=O)[C@H](OC(C)=O)[C@@H]1OC(C)=O. The Bertz CT molecular complexity index is 3540. The van der Waals surface area contributed by atoms with Gasteiger partial charge >= 0.3 is 47.8 Å². The van der Waals surface area contributed by atoms with Crippen LogP contribution in [0.1, 0.15) is 99.1 Å². The van der Waals surface area contributed by atoms with E-state index in [9.17, 15) is 48.5 Å². The van der Waals surface area contributed by atoms with Gasteiger partial charge in [0.1, 0.15) is 36.9 Å². The van der Waals surface area contributed by atoms with Gasteiger partial charge in [-0.3, -0.25) is 58.1 Å². The highest BCUT2D eigenvalue weighted by molar-refractivity contribution is 6.20. The van der Waals surface area contributed by atoms with Crippen LogP contribution < -0.4 is 19.3 Å². The van der Waals surface area contributed by atoms with Gasteiger partial charge in [0.2, 0.25) is 24.8 Å². The molecule has 0 unspecified atom stereocenters. The van der Waals surface area contributed by atoms with Crippen molar-refractivity contribution in [3.05, 3.63) is 111 Å². The quantitative estimate of drug-likeness (QED) is 0.0270. The Morgan fingerprint density at radius 3 is 1.12 bits per heavy atom. The molecule has 0 spiro atoms. The smallest absolute Gasteiger partial charge is 0.303 e. The number of esters is 8. The van der Waals surface area contributed by atoms with Crippen LogP contribution in [-0.2, 0) is 85.7 Å². The van der Waals surface area contributed by atoms with Gasteiger partial charge < -0.3 is 66.6 Å². The van der Waals surface area contributed by atoms with Crippen LogP contribution in [0.3, 0.4) is 0 Å². The lowest BCUT2D eigenvalue weighted by atomic mass is 9.95. The van der Waals surface area contributed by atoms with Gasteiger partial charge in [-0.2, -0.15) is 0 Å². The van der Waals surface area contributed by atoms with Crippen LogP contribution in [-0.4, -0.2) is 164 Å². The minimum atomic E-state index is -1.71. The highest BCUT2D eigenvalue weighted by atomic mass is 35.5. The number of nitro benzene ring substituents is 1. The molecule has 0 radical (unpaired) electrons. The van der Waals surface area contributed by atoms with Crippen molar-refractivity contribution in [3.63, 3.8) is 0 Å². The van der Waals surface area contributed by atoms with Crippen molar-refractivity contribution in [2.45, 2.75) is 129 Å². The number of fused-ring (bicyclic) bond motifs is 6. The standard InChI is InChI=1S/C62H61Cl2N3O24/c1-28(68)80-26-49-53(82-30(3)70)55(84-32(5)72)57(86-34(7)74)61(90-49)88-47-20-45-51(43-15-11-9-13-41(43)47)38(22-63)24-65(45)59(76)36-17-37(19-40(18-36)67(78)79)60(77)66-25-39(23-64)52-44-16-12-10-14-42(44)48(21-46(52)66)89-62-58(87-35(8)75)56(85-33(6)73)54(83-31(4)71)50(91-62)27-81-29(2)69/h9-21,38-39,49-50,53-58,61-62H,22-27H2,1-8H3/t38-,39-,49-,50+,53+,54-,55+,56-,57-,58+,61-,62+/m1/s1. The molecule has 2 fully saturated rings.